The molecule has 2 amide bonds. The summed E-state index contributed by atoms with van der Waals surface area (Å²) in [6.07, 6.45) is 0. The molecule has 0 aromatic heterocycles. The normalized spacial score (nSPS) is 21.9. The highest BCUT2D eigenvalue weighted by molar-refractivity contribution is 5.86. The molecular formula is C8H15N3O3. The average Bonchev–Trinajstić information content (AvgIpc) is 2.18. The summed E-state index contributed by atoms with van der Waals surface area (Å²) in [6, 6.07) is -0.471. The molecular weight excluding hydrogens is 186 g/mol. The van der Waals surface area contributed by atoms with E-state index >= 15 is 0 Å². The average molecular weight is 201 g/mol. The van der Waals surface area contributed by atoms with Crippen LogP contribution in [0.3, 0.4) is 0 Å². The van der Waals surface area contributed by atoms with Crippen LogP contribution >= 0.6 is 0 Å². The van der Waals surface area contributed by atoms with Crippen LogP contribution in [0.5, 0.6) is 0 Å². The number of carbonyl (C=O) groups is 2. The van der Waals surface area contributed by atoms with E-state index in [9.17, 15) is 9.59 Å². The Hall–Kier alpha value is -1.14. The third kappa shape index (κ3) is 2.43. The molecule has 0 saturated carbocycles. The Bertz CT molecular complexity index is 232. The lowest BCUT2D eigenvalue weighted by atomic mass is 10.2. The van der Waals surface area contributed by atoms with Gasteiger partial charge in [-0.25, -0.2) is 5.48 Å². The summed E-state index contributed by atoms with van der Waals surface area (Å²) in [5, 5.41) is 3.05. The van der Waals surface area contributed by atoms with Crippen molar-refractivity contribution in [2.24, 2.45) is 0 Å². The molecule has 0 aromatic rings. The van der Waals surface area contributed by atoms with Gasteiger partial charge in [-0.05, 0) is 0 Å². The van der Waals surface area contributed by atoms with E-state index < -0.39 is 6.04 Å². The lowest BCUT2D eigenvalue weighted by molar-refractivity contribution is -0.145. The van der Waals surface area contributed by atoms with Gasteiger partial charge in [0.25, 0.3) is 5.91 Å². The number of amides is 2. The number of carbonyl (C=O) groups excluding carboxylic acids is 2. The molecule has 0 aromatic carbocycles. The standard InChI is InChI=1S/C8H15N3O3/c1-6(12)11-4-3-9-5-7(11)8(13)10-14-2/h7,9H,3-5H2,1-2H3,(H,10,13). The van der Waals surface area contributed by atoms with Crippen LogP contribution in [0.4, 0.5) is 0 Å². The van der Waals surface area contributed by atoms with Gasteiger partial charge in [0.2, 0.25) is 5.91 Å². The second-order valence-electron chi connectivity index (χ2n) is 3.10. The Morgan fingerprint density at radius 1 is 1.57 bits per heavy atom. The van der Waals surface area contributed by atoms with E-state index in [2.05, 4.69) is 15.6 Å². The van der Waals surface area contributed by atoms with Crippen molar-refractivity contribution in [2.75, 3.05) is 26.7 Å². The fourth-order valence-corrected chi connectivity index (χ4v) is 1.48. The lowest BCUT2D eigenvalue weighted by Gasteiger charge is -2.34. The van der Waals surface area contributed by atoms with Crippen molar-refractivity contribution in [2.45, 2.75) is 13.0 Å². The highest BCUT2D eigenvalue weighted by Gasteiger charge is 2.30. The molecule has 6 nitrogen and oxygen atoms in total. The van der Waals surface area contributed by atoms with Crippen LogP contribution in [-0.2, 0) is 14.4 Å². The van der Waals surface area contributed by atoms with Crippen LogP contribution in [0.2, 0.25) is 0 Å². The molecule has 1 saturated heterocycles. The largest absolute Gasteiger partial charge is 0.328 e. The number of rotatable bonds is 2. The fraction of sp³-hybridized carbons (Fsp3) is 0.750. The first-order valence-corrected chi connectivity index (χ1v) is 4.47. The molecule has 14 heavy (non-hydrogen) atoms. The quantitative estimate of drug-likeness (QED) is 0.533. The van der Waals surface area contributed by atoms with E-state index in [1.54, 1.807) is 0 Å². The van der Waals surface area contributed by atoms with Gasteiger partial charge in [-0.1, -0.05) is 0 Å². The number of piperazine rings is 1. The van der Waals surface area contributed by atoms with Crippen molar-refractivity contribution in [1.29, 1.82) is 0 Å². The van der Waals surface area contributed by atoms with Gasteiger partial charge in [-0.3, -0.25) is 14.4 Å². The Labute approximate surface area is 82.5 Å². The first-order valence-electron chi connectivity index (χ1n) is 4.47. The molecule has 0 spiro atoms. The Morgan fingerprint density at radius 3 is 2.86 bits per heavy atom. The fourth-order valence-electron chi connectivity index (χ4n) is 1.48. The van der Waals surface area contributed by atoms with Crippen molar-refractivity contribution < 1.29 is 14.4 Å². The van der Waals surface area contributed by atoms with E-state index in [4.69, 9.17) is 0 Å². The van der Waals surface area contributed by atoms with Crippen LogP contribution in [0, 0.1) is 0 Å². The van der Waals surface area contributed by atoms with Crippen LogP contribution < -0.4 is 10.8 Å². The molecule has 1 aliphatic rings. The van der Waals surface area contributed by atoms with Gasteiger partial charge >= 0.3 is 0 Å². The van der Waals surface area contributed by atoms with Crippen LogP contribution in [0.25, 0.3) is 0 Å². The summed E-state index contributed by atoms with van der Waals surface area (Å²) >= 11 is 0. The molecule has 1 aliphatic heterocycles. The zero-order valence-electron chi connectivity index (χ0n) is 8.37. The minimum absolute atomic E-state index is 0.0947. The van der Waals surface area contributed by atoms with Crippen LogP contribution in [0.1, 0.15) is 6.92 Å². The van der Waals surface area contributed by atoms with Gasteiger partial charge in [0.1, 0.15) is 6.04 Å². The maximum absolute atomic E-state index is 11.4. The minimum Gasteiger partial charge on any atom is -0.328 e. The molecule has 6 heteroatoms. The number of nitrogens with zero attached hydrogens (tertiary/aromatic N) is 1. The van der Waals surface area contributed by atoms with E-state index in [-0.39, 0.29) is 11.8 Å². The molecule has 1 rings (SSSR count). The van der Waals surface area contributed by atoms with E-state index in [1.807, 2.05) is 0 Å². The van der Waals surface area contributed by atoms with Crippen molar-refractivity contribution in [3.8, 4) is 0 Å². The van der Waals surface area contributed by atoms with Gasteiger partial charge < -0.3 is 10.2 Å². The highest BCUT2D eigenvalue weighted by Crippen LogP contribution is 2.03. The van der Waals surface area contributed by atoms with Gasteiger partial charge in [-0.15, -0.1) is 0 Å². The first-order chi connectivity index (χ1) is 6.66. The van der Waals surface area contributed by atoms with Gasteiger partial charge in [0.15, 0.2) is 0 Å². The molecule has 0 aliphatic carbocycles. The Morgan fingerprint density at radius 2 is 2.29 bits per heavy atom. The summed E-state index contributed by atoms with van der Waals surface area (Å²) in [4.78, 5) is 28.7. The summed E-state index contributed by atoms with van der Waals surface area (Å²) in [5.41, 5.74) is 2.23. The highest BCUT2D eigenvalue weighted by atomic mass is 16.6. The summed E-state index contributed by atoms with van der Waals surface area (Å²) in [6.45, 7) is 3.20. The molecule has 1 unspecified atom stereocenters. The van der Waals surface area contributed by atoms with E-state index in [0.29, 0.717) is 13.1 Å². The van der Waals surface area contributed by atoms with Crippen LogP contribution in [0.15, 0.2) is 0 Å². The van der Waals surface area contributed by atoms with Gasteiger partial charge in [0, 0.05) is 26.6 Å². The molecule has 1 atom stereocenters. The Balaban J connectivity index is 2.62. The van der Waals surface area contributed by atoms with Crippen LogP contribution in [-0.4, -0.2) is 49.5 Å². The van der Waals surface area contributed by atoms with Crippen molar-refractivity contribution in [1.82, 2.24) is 15.7 Å². The van der Waals surface area contributed by atoms with E-state index in [1.165, 1.54) is 18.9 Å². The van der Waals surface area contributed by atoms with Crippen molar-refractivity contribution in [3.05, 3.63) is 0 Å². The minimum atomic E-state index is -0.471. The molecule has 1 heterocycles. The zero-order valence-corrected chi connectivity index (χ0v) is 8.37. The molecule has 1 fully saturated rings. The lowest BCUT2D eigenvalue weighted by Crippen LogP contribution is -2.59. The Kier molecular flexibility index (Phi) is 3.84. The van der Waals surface area contributed by atoms with Crippen molar-refractivity contribution in [3.63, 3.8) is 0 Å². The summed E-state index contributed by atoms with van der Waals surface area (Å²) in [7, 11) is 1.37. The van der Waals surface area contributed by atoms with Crippen molar-refractivity contribution >= 4 is 11.8 Å². The topological polar surface area (TPSA) is 70.7 Å². The smallest absolute Gasteiger partial charge is 0.267 e. The first kappa shape index (κ1) is 10.9. The zero-order chi connectivity index (χ0) is 10.6. The molecule has 80 valence electrons. The number of hydrogen-bond acceptors (Lipinski definition) is 4. The second-order valence-corrected chi connectivity index (χ2v) is 3.10. The SMILES string of the molecule is CONC(=O)C1CNCCN1C(C)=O. The third-order valence-electron chi connectivity index (χ3n) is 2.15. The number of hydroxylamine groups is 1. The third-order valence-corrected chi connectivity index (χ3v) is 2.15. The predicted octanol–water partition coefficient (Wildman–Crippen LogP) is -1.52. The molecule has 0 bridgehead atoms. The second kappa shape index (κ2) is 4.92. The monoisotopic (exact) mass is 201 g/mol. The molecule has 2 N–H and O–H groups in total. The maximum Gasteiger partial charge on any atom is 0.267 e. The number of nitrogens with one attached hydrogen (secondary N) is 2. The van der Waals surface area contributed by atoms with Gasteiger partial charge in [-0.2, -0.15) is 0 Å². The maximum atomic E-state index is 11.4. The molecule has 0 radical (unpaired) electrons. The summed E-state index contributed by atoms with van der Waals surface area (Å²) < 4.78 is 0. The number of hydrogen-bond donors (Lipinski definition) is 2. The predicted molar refractivity (Wildman–Crippen MR) is 49.2 cm³/mol. The summed E-state index contributed by atoms with van der Waals surface area (Å²) in [5.74, 6) is -0.391. The van der Waals surface area contributed by atoms with E-state index in [0.717, 1.165) is 6.54 Å². The van der Waals surface area contributed by atoms with Gasteiger partial charge in [0.05, 0.1) is 7.11 Å².